The van der Waals surface area contributed by atoms with E-state index in [4.69, 9.17) is 4.74 Å². The molecule has 1 heterocycles. The fourth-order valence-electron chi connectivity index (χ4n) is 2.16. The van der Waals surface area contributed by atoms with E-state index >= 15 is 0 Å². The van der Waals surface area contributed by atoms with Crippen LogP contribution in [0.2, 0.25) is 0 Å². The Morgan fingerprint density at radius 1 is 1.45 bits per heavy atom. The lowest BCUT2D eigenvalue weighted by molar-refractivity contribution is 0.0812. The minimum Gasteiger partial charge on any atom is -0.381 e. The van der Waals surface area contributed by atoms with Crippen molar-refractivity contribution in [2.45, 2.75) is 25.4 Å². The van der Waals surface area contributed by atoms with Gasteiger partial charge in [-0.15, -0.1) is 12.4 Å². The van der Waals surface area contributed by atoms with Crippen LogP contribution in [0.25, 0.3) is 0 Å². The summed E-state index contributed by atoms with van der Waals surface area (Å²) in [5.41, 5.74) is 0.653. The number of ether oxygens (including phenoxy) is 1. The largest absolute Gasteiger partial charge is 0.381 e. The van der Waals surface area contributed by atoms with Gasteiger partial charge in [0.1, 0.15) is 0 Å². The van der Waals surface area contributed by atoms with Crippen LogP contribution in [0.3, 0.4) is 0 Å². The predicted molar refractivity (Wildman–Crippen MR) is 47.2 cm³/mol. The summed E-state index contributed by atoms with van der Waals surface area (Å²) in [7, 11) is 1.83. The zero-order valence-corrected chi connectivity index (χ0v) is 7.75. The van der Waals surface area contributed by atoms with Gasteiger partial charge in [-0.3, -0.25) is 0 Å². The Balaban J connectivity index is 0.000000605. The van der Waals surface area contributed by atoms with Crippen molar-refractivity contribution in [1.82, 2.24) is 5.32 Å². The summed E-state index contributed by atoms with van der Waals surface area (Å²) in [5.74, 6) is 0. The maximum Gasteiger partial charge on any atom is 0.0577 e. The number of methoxy groups -OCH3 is 1. The summed E-state index contributed by atoms with van der Waals surface area (Å²) in [5, 5.41) is 3.33. The molecule has 1 spiro atoms. The topological polar surface area (TPSA) is 21.3 Å². The van der Waals surface area contributed by atoms with Crippen molar-refractivity contribution in [3.8, 4) is 0 Å². The monoisotopic (exact) mass is 177 g/mol. The van der Waals surface area contributed by atoms with E-state index in [1.807, 2.05) is 7.11 Å². The molecule has 1 atom stereocenters. The quantitative estimate of drug-likeness (QED) is 0.650. The van der Waals surface area contributed by atoms with Crippen molar-refractivity contribution in [1.29, 1.82) is 0 Å². The van der Waals surface area contributed by atoms with Crippen LogP contribution in [-0.2, 0) is 4.74 Å². The fraction of sp³-hybridized carbons (Fsp3) is 1.00. The normalized spacial score (nSPS) is 33.0. The van der Waals surface area contributed by atoms with Crippen LogP contribution in [0.5, 0.6) is 0 Å². The molecule has 66 valence electrons. The van der Waals surface area contributed by atoms with Gasteiger partial charge in [0.2, 0.25) is 0 Å². The Bertz CT molecular complexity index is 136. The molecule has 1 unspecified atom stereocenters. The highest BCUT2D eigenvalue weighted by Crippen LogP contribution is 2.41. The molecule has 0 bridgehead atoms. The summed E-state index contributed by atoms with van der Waals surface area (Å²) in [6, 6.07) is 0. The highest BCUT2D eigenvalue weighted by atomic mass is 35.5. The first-order chi connectivity index (χ1) is 4.85. The molecule has 1 N–H and O–H groups in total. The SMILES string of the molecule is COC1CCC2(CNC2)C1.Cl. The molecule has 1 saturated carbocycles. The van der Waals surface area contributed by atoms with Gasteiger partial charge in [-0.05, 0) is 24.7 Å². The predicted octanol–water partition coefficient (Wildman–Crippen LogP) is 1.20. The number of hydrogen-bond donors (Lipinski definition) is 1. The Morgan fingerprint density at radius 3 is 2.45 bits per heavy atom. The molecule has 0 radical (unpaired) electrons. The number of hydrogen-bond acceptors (Lipinski definition) is 2. The lowest BCUT2D eigenvalue weighted by Gasteiger charge is -2.39. The lowest BCUT2D eigenvalue weighted by Crippen LogP contribution is -2.52. The molecule has 3 heteroatoms. The maximum atomic E-state index is 5.31. The van der Waals surface area contributed by atoms with Crippen molar-refractivity contribution in [3.05, 3.63) is 0 Å². The van der Waals surface area contributed by atoms with E-state index in [0.29, 0.717) is 11.5 Å². The van der Waals surface area contributed by atoms with E-state index in [9.17, 15) is 0 Å². The highest BCUT2D eigenvalue weighted by Gasteiger charge is 2.43. The van der Waals surface area contributed by atoms with Gasteiger partial charge >= 0.3 is 0 Å². The molecular weight excluding hydrogens is 162 g/mol. The smallest absolute Gasteiger partial charge is 0.0577 e. The van der Waals surface area contributed by atoms with E-state index in [1.165, 1.54) is 32.4 Å². The maximum absolute atomic E-state index is 5.31. The van der Waals surface area contributed by atoms with Gasteiger partial charge in [0.05, 0.1) is 6.10 Å². The van der Waals surface area contributed by atoms with Gasteiger partial charge in [0.15, 0.2) is 0 Å². The van der Waals surface area contributed by atoms with Crippen molar-refractivity contribution in [3.63, 3.8) is 0 Å². The number of halogens is 1. The zero-order valence-electron chi connectivity index (χ0n) is 6.93. The van der Waals surface area contributed by atoms with E-state index in [-0.39, 0.29) is 12.4 Å². The second-order valence-corrected chi connectivity index (χ2v) is 3.70. The Kier molecular flexibility index (Phi) is 2.79. The van der Waals surface area contributed by atoms with E-state index in [2.05, 4.69) is 5.32 Å². The summed E-state index contributed by atoms with van der Waals surface area (Å²) < 4.78 is 5.31. The number of nitrogens with one attached hydrogen (secondary N) is 1. The van der Waals surface area contributed by atoms with E-state index < -0.39 is 0 Å². The van der Waals surface area contributed by atoms with Crippen LogP contribution in [0.15, 0.2) is 0 Å². The Labute approximate surface area is 74.1 Å². The van der Waals surface area contributed by atoms with Crippen molar-refractivity contribution in [2.24, 2.45) is 5.41 Å². The summed E-state index contributed by atoms with van der Waals surface area (Å²) >= 11 is 0. The van der Waals surface area contributed by atoms with Crippen molar-refractivity contribution in [2.75, 3.05) is 20.2 Å². The molecule has 2 aliphatic rings. The molecule has 2 rings (SSSR count). The van der Waals surface area contributed by atoms with E-state index in [0.717, 1.165) is 0 Å². The highest BCUT2D eigenvalue weighted by molar-refractivity contribution is 5.85. The van der Waals surface area contributed by atoms with Crippen LogP contribution in [0, 0.1) is 5.41 Å². The average molecular weight is 178 g/mol. The molecule has 2 nitrogen and oxygen atoms in total. The Morgan fingerprint density at radius 2 is 2.18 bits per heavy atom. The number of rotatable bonds is 1. The van der Waals surface area contributed by atoms with Gasteiger partial charge in [-0.2, -0.15) is 0 Å². The molecule has 0 aromatic rings. The Hall–Kier alpha value is 0.210. The second-order valence-electron chi connectivity index (χ2n) is 3.70. The average Bonchev–Trinajstić information content (AvgIpc) is 2.29. The van der Waals surface area contributed by atoms with Gasteiger partial charge in [-0.1, -0.05) is 0 Å². The van der Waals surface area contributed by atoms with Crippen LogP contribution in [0.1, 0.15) is 19.3 Å². The van der Waals surface area contributed by atoms with Crippen LogP contribution in [0.4, 0.5) is 0 Å². The van der Waals surface area contributed by atoms with Gasteiger partial charge < -0.3 is 10.1 Å². The standard InChI is InChI=1S/C8H15NO.ClH/c1-10-7-2-3-8(4-7)5-9-6-8;/h7,9H,2-6H2,1H3;1H. The molecule has 1 saturated heterocycles. The van der Waals surface area contributed by atoms with Crippen molar-refractivity contribution < 1.29 is 4.74 Å². The summed E-state index contributed by atoms with van der Waals surface area (Å²) in [6.07, 6.45) is 4.50. The summed E-state index contributed by atoms with van der Waals surface area (Å²) in [4.78, 5) is 0. The van der Waals surface area contributed by atoms with Crippen LogP contribution in [-0.4, -0.2) is 26.3 Å². The first-order valence-electron chi connectivity index (χ1n) is 4.08. The van der Waals surface area contributed by atoms with Crippen LogP contribution >= 0.6 is 12.4 Å². The first kappa shape index (κ1) is 9.30. The second kappa shape index (κ2) is 3.30. The molecule has 11 heavy (non-hydrogen) atoms. The van der Waals surface area contributed by atoms with Gasteiger partial charge in [0, 0.05) is 20.2 Å². The minimum absolute atomic E-state index is 0. The minimum atomic E-state index is 0. The molecular formula is C8H16ClNO. The molecule has 0 amide bonds. The van der Waals surface area contributed by atoms with E-state index in [1.54, 1.807) is 0 Å². The third kappa shape index (κ3) is 1.53. The molecule has 2 fully saturated rings. The van der Waals surface area contributed by atoms with Gasteiger partial charge in [0.25, 0.3) is 0 Å². The molecule has 0 aromatic heterocycles. The third-order valence-corrected chi connectivity index (χ3v) is 2.99. The molecule has 1 aliphatic carbocycles. The van der Waals surface area contributed by atoms with Gasteiger partial charge in [-0.25, -0.2) is 0 Å². The van der Waals surface area contributed by atoms with Crippen LogP contribution < -0.4 is 5.32 Å². The first-order valence-corrected chi connectivity index (χ1v) is 4.08. The fourth-order valence-corrected chi connectivity index (χ4v) is 2.16. The third-order valence-electron chi connectivity index (χ3n) is 2.99. The van der Waals surface area contributed by atoms with Crippen molar-refractivity contribution >= 4 is 12.4 Å². The zero-order chi connectivity index (χ0) is 7.03. The molecule has 0 aromatic carbocycles. The summed E-state index contributed by atoms with van der Waals surface area (Å²) in [6.45, 7) is 2.46. The lowest BCUT2D eigenvalue weighted by atomic mass is 9.80. The molecule has 1 aliphatic heterocycles.